The first-order valence-corrected chi connectivity index (χ1v) is 7.21. The van der Waals surface area contributed by atoms with Crippen LogP contribution >= 0.6 is 11.8 Å². The summed E-state index contributed by atoms with van der Waals surface area (Å²) in [6.07, 6.45) is 5.98. The van der Waals surface area contributed by atoms with Crippen molar-refractivity contribution in [3.63, 3.8) is 0 Å². The number of amides is 1. The Morgan fingerprint density at radius 1 is 1.47 bits per heavy atom. The van der Waals surface area contributed by atoms with Gasteiger partial charge in [-0.15, -0.1) is 11.8 Å². The molecule has 0 radical (unpaired) electrons. The molecule has 1 aromatic carbocycles. The summed E-state index contributed by atoms with van der Waals surface area (Å²) >= 11 is 1.67. The molecule has 0 atom stereocenters. The predicted octanol–water partition coefficient (Wildman–Crippen LogP) is 2.35. The Hall–Kier alpha value is -1.75. The normalized spacial score (nSPS) is 10.5. The molecule has 19 heavy (non-hydrogen) atoms. The maximum absolute atomic E-state index is 12.2. The van der Waals surface area contributed by atoms with Crippen molar-refractivity contribution < 1.29 is 4.79 Å². The van der Waals surface area contributed by atoms with Gasteiger partial charge in [-0.05, 0) is 30.0 Å². The summed E-state index contributed by atoms with van der Waals surface area (Å²) in [7, 11) is 3.65. The zero-order valence-electron chi connectivity index (χ0n) is 11.3. The number of benzene rings is 1. The lowest BCUT2D eigenvalue weighted by molar-refractivity contribution is -0.117. The third kappa shape index (κ3) is 3.38. The molecule has 2 aromatic rings. The summed E-state index contributed by atoms with van der Waals surface area (Å²) in [5.74, 6) is 0.0613. The Bertz CT molecular complexity index is 580. The van der Waals surface area contributed by atoms with Crippen LogP contribution in [0.15, 0.2) is 41.6 Å². The topological polar surface area (TPSA) is 38.1 Å². The van der Waals surface area contributed by atoms with E-state index in [1.807, 2.05) is 43.8 Å². The average molecular weight is 275 g/mol. The summed E-state index contributed by atoms with van der Waals surface area (Å²) in [6, 6.07) is 7.97. The summed E-state index contributed by atoms with van der Waals surface area (Å²) < 4.78 is 1.71. The van der Waals surface area contributed by atoms with Gasteiger partial charge in [-0.3, -0.25) is 9.48 Å². The van der Waals surface area contributed by atoms with Crippen molar-refractivity contribution in [2.75, 3.05) is 18.2 Å². The minimum atomic E-state index is 0.0613. The minimum Gasteiger partial charge on any atom is -0.315 e. The van der Waals surface area contributed by atoms with Crippen LogP contribution in [0.25, 0.3) is 0 Å². The number of likely N-dealkylation sites (N-methyl/N-ethyl adjacent to an activating group) is 1. The Morgan fingerprint density at radius 3 is 2.89 bits per heavy atom. The van der Waals surface area contributed by atoms with Gasteiger partial charge in [-0.25, -0.2) is 0 Å². The second kappa shape index (κ2) is 5.93. The van der Waals surface area contributed by atoms with Gasteiger partial charge in [0.15, 0.2) is 0 Å². The highest BCUT2D eigenvalue weighted by Crippen LogP contribution is 2.21. The molecule has 5 heteroatoms. The van der Waals surface area contributed by atoms with Gasteiger partial charge in [-0.2, -0.15) is 5.10 Å². The van der Waals surface area contributed by atoms with Crippen molar-refractivity contribution in [1.29, 1.82) is 0 Å². The lowest BCUT2D eigenvalue weighted by Crippen LogP contribution is -2.27. The van der Waals surface area contributed by atoms with E-state index in [0.717, 1.165) is 16.1 Å². The zero-order valence-corrected chi connectivity index (χ0v) is 12.1. The lowest BCUT2D eigenvalue weighted by atomic mass is 10.2. The molecule has 1 aromatic heterocycles. The van der Waals surface area contributed by atoms with Crippen LogP contribution in [-0.2, 0) is 18.3 Å². The Kier molecular flexibility index (Phi) is 4.27. The molecule has 0 spiro atoms. The van der Waals surface area contributed by atoms with Gasteiger partial charge in [0.25, 0.3) is 0 Å². The van der Waals surface area contributed by atoms with Gasteiger partial charge in [0.2, 0.25) is 5.91 Å². The monoisotopic (exact) mass is 275 g/mol. The highest BCUT2D eigenvalue weighted by Gasteiger charge is 2.12. The molecule has 0 aliphatic carbocycles. The van der Waals surface area contributed by atoms with Gasteiger partial charge in [0.05, 0.1) is 12.6 Å². The standard InChI is InChI=1S/C14H17N3OS/c1-16-10-11(9-15-16)7-14(18)17(2)12-5-4-6-13(8-12)19-3/h4-6,8-10H,7H2,1-3H3. The summed E-state index contributed by atoms with van der Waals surface area (Å²) in [5.41, 5.74) is 1.85. The summed E-state index contributed by atoms with van der Waals surface area (Å²) in [5, 5.41) is 4.07. The van der Waals surface area contributed by atoms with E-state index in [2.05, 4.69) is 5.10 Å². The Morgan fingerprint density at radius 2 is 2.26 bits per heavy atom. The molecule has 1 heterocycles. The van der Waals surface area contributed by atoms with Crippen LogP contribution in [0.2, 0.25) is 0 Å². The van der Waals surface area contributed by atoms with Crippen molar-refractivity contribution in [2.45, 2.75) is 11.3 Å². The number of anilines is 1. The molecule has 1 amide bonds. The predicted molar refractivity (Wildman–Crippen MR) is 78.5 cm³/mol. The number of rotatable bonds is 4. The minimum absolute atomic E-state index is 0.0613. The number of hydrogen-bond donors (Lipinski definition) is 0. The van der Waals surface area contributed by atoms with E-state index < -0.39 is 0 Å². The van der Waals surface area contributed by atoms with E-state index in [0.29, 0.717) is 6.42 Å². The van der Waals surface area contributed by atoms with Crippen LogP contribution in [0.5, 0.6) is 0 Å². The number of hydrogen-bond acceptors (Lipinski definition) is 3. The van der Waals surface area contributed by atoms with Gasteiger partial charge in [0.1, 0.15) is 0 Å². The molecular weight excluding hydrogens is 258 g/mol. The molecule has 0 saturated heterocycles. The average Bonchev–Trinajstić information content (AvgIpc) is 2.83. The van der Waals surface area contributed by atoms with Crippen LogP contribution in [-0.4, -0.2) is 29.0 Å². The van der Waals surface area contributed by atoms with E-state index in [4.69, 9.17) is 0 Å². The fraction of sp³-hybridized carbons (Fsp3) is 0.286. The smallest absolute Gasteiger partial charge is 0.231 e. The second-order valence-electron chi connectivity index (χ2n) is 4.35. The highest BCUT2D eigenvalue weighted by molar-refractivity contribution is 7.98. The van der Waals surface area contributed by atoms with Crippen molar-refractivity contribution >= 4 is 23.4 Å². The molecule has 0 saturated carbocycles. The van der Waals surface area contributed by atoms with Crippen molar-refractivity contribution in [2.24, 2.45) is 7.05 Å². The van der Waals surface area contributed by atoms with Crippen LogP contribution < -0.4 is 4.90 Å². The molecule has 100 valence electrons. The van der Waals surface area contributed by atoms with Crippen LogP contribution in [0.1, 0.15) is 5.56 Å². The maximum atomic E-state index is 12.2. The van der Waals surface area contributed by atoms with Gasteiger partial charge in [0, 0.05) is 30.9 Å². The van der Waals surface area contributed by atoms with E-state index in [-0.39, 0.29) is 5.91 Å². The van der Waals surface area contributed by atoms with Crippen LogP contribution in [0, 0.1) is 0 Å². The van der Waals surface area contributed by atoms with E-state index in [1.165, 1.54) is 0 Å². The Balaban J connectivity index is 2.09. The summed E-state index contributed by atoms with van der Waals surface area (Å²) in [4.78, 5) is 15.0. The SMILES string of the molecule is CSc1cccc(N(C)C(=O)Cc2cnn(C)c2)c1. The maximum Gasteiger partial charge on any atom is 0.231 e. The lowest BCUT2D eigenvalue weighted by Gasteiger charge is -2.17. The molecule has 0 aliphatic rings. The van der Waals surface area contributed by atoms with Crippen LogP contribution in [0.4, 0.5) is 5.69 Å². The van der Waals surface area contributed by atoms with E-state index in [1.54, 1.807) is 34.6 Å². The van der Waals surface area contributed by atoms with E-state index in [9.17, 15) is 4.79 Å². The first-order valence-electron chi connectivity index (χ1n) is 5.98. The molecule has 0 aliphatic heterocycles. The number of nitrogens with zero attached hydrogens (tertiary/aromatic N) is 3. The third-order valence-electron chi connectivity index (χ3n) is 2.93. The second-order valence-corrected chi connectivity index (χ2v) is 5.23. The Labute approximate surface area is 117 Å². The third-order valence-corrected chi connectivity index (χ3v) is 3.65. The number of carbonyl (C=O) groups is 1. The number of thioether (sulfide) groups is 1. The number of aromatic nitrogens is 2. The molecular formula is C14H17N3OS. The largest absolute Gasteiger partial charge is 0.315 e. The number of carbonyl (C=O) groups excluding carboxylic acids is 1. The first kappa shape index (κ1) is 13.7. The van der Waals surface area contributed by atoms with Gasteiger partial charge in [-0.1, -0.05) is 6.07 Å². The van der Waals surface area contributed by atoms with Crippen molar-refractivity contribution in [1.82, 2.24) is 9.78 Å². The van der Waals surface area contributed by atoms with Gasteiger partial charge < -0.3 is 4.90 Å². The number of aryl methyl sites for hydroxylation is 1. The molecule has 0 unspecified atom stereocenters. The zero-order chi connectivity index (χ0) is 13.8. The highest BCUT2D eigenvalue weighted by atomic mass is 32.2. The van der Waals surface area contributed by atoms with Gasteiger partial charge >= 0.3 is 0 Å². The van der Waals surface area contributed by atoms with Crippen molar-refractivity contribution in [3.8, 4) is 0 Å². The van der Waals surface area contributed by atoms with E-state index >= 15 is 0 Å². The quantitative estimate of drug-likeness (QED) is 0.804. The fourth-order valence-electron chi connectivity index (χ4n) is 1.82. The molecule has 0 bridgehead atoms. The molecule has 0 fully saturated rings. The fourth-order valence-corrected chi connectivity index (χ4v) is 2.27. The molecule has 0 N–H and O–H groups in total. The molecule has 4 nitrogen and oxygen atoms in total. The van der Waals surface area contributed by atoms with Crippen LogP contribution in [0.3, 0.4) is 0 Å². The first-order chi connectivity index (χ1) is 9.10. The molecule has 2 rings (SSSR count). The summed E-state index contributed by atoms with van der Waals surface area (Å²) in [6.45, 7) is 0. The van der Waals surface area contributed by atoms with Crippen molar-refractivity contribution in [3.05, 3.63) is 42.2 Å².